The van der Waals surface area contributed by atoms with Crippen molar-refractivity contribution >= 4 is 28.0 Å². The Balaban J connectivity index is 2.19. The number of hydrogen-bond donors (Lipinski definition) is 0. The van der Waals surface area contributed by atoms with Crippen molar-refractivity contribution in [2.45, 2.75) is 0 Å². The fourth-order valence-corrected chi connectivity index (χ4v) is 4.38. The molecule has 4 aromatic rings. The molecule has 0 aliphatic carbocycles. The number of ether oxygens (including phenoxy) is 1. The highest BCUT2D eigenvalue weighted by molar-refractivity contribution is 7.20. The molecule has 0 saturated heterocycles. The molecule has 4 aromatic carbocycles. The SMILES string of the molecule is COc1ccc(F)cc1[B-](c1ccccc1)(c1ccccc1)c1ccccc1. The lowest BCUT2D eigenvalue weighted by atomic mass is 9.13. The van der Waals surface area contributed by atoms with E-state index in [9.17, 15) is 4.39 Å². The summed E-state index contributed by atoms with van der Waals surface area (Å²) in [6, 6.07) is 35.7. The molecule has 0 amide bonds. The highest BCUT2D eigenvalue weighted by Gasteiger charge is 2.33. The molecule has 4 rings (SSSR count). The second kappa shape index (κ2) is 7.73. The van der Waals surface area contributed by atoms with Crippen LogP contribution in [-0.4, -0.2) is 13.3 Å². The van der Waals surface area contributed by atoms with Gasteiger partial charge in [0, 0.05) is 0 Å². The average Bonchev–Trinajstić information content (AvgIpc) is 2.77. The van der Waals surface area contributed by atoms with Crippen LogP contribution in [0.2, 0.25) is 0 Å². The summed E-state index contributed by atoms with van der Waals surface area (Å²) in [6.45, 7) is 0. The lowest BCUT2D eigenvalue weighted by Crippen LogP contribution is -2.75. The van der Waals surface area contributed by atoms with Crippen LogP contribution < -0.4 is 26.6 Å². The van der Waals surface area contributed by atoms with Gasteiger partial charge in [0.05, 0.1) is 12.9 Å². The molecule has 0 unspecified atom stereocenters. The zero-order valence-corrected chi connectivity index (χ0v) is 15.8. The zero-order chi connectivity index (χ0) is 19.4. The minimum absolute atomic E-state index is 0.273. The fraction of sp³-hybridized carbons (Fsp3) is 0.0400. The first-order valence-electron chi connectivity index (χ1n) is 9.43. The van der Waals surface area contributed by atoms with Gasteiger partial charge in [-0.15, -0.1) is 0 Å². The summed E-state index contributed by atoms with van der Waals surface area (Å²) in [5.41, 5.74) is 4.18. The molecule has 0 heterocycles. The van der Waals surface area contributed by atoms with E-state index in [-0.39, 0.29) is 5.82 Å². The van der Waals surface area contributed by atoms with Gasteiger partial charge in [-0.05, 0) is 12.1 Å². The molecule has 138 valence electrons. The number of halogens is 1. The minimum Gasteiger partial charge on any atom is -0.500 e. The maximum atomic E-state index is 14.5. The van der Waals surface area contributed by atoms with Crippen LogP contribution in [0.1, 0.15) is 0 Å². The molecule has 0 bridgehead atoms. The van der Waals surface area contributed by atoms with Gasteiger partial charge in [-0.2, -0.15) is 21.9 Å². The molecule has 0 saturated carbocycles. The smallest absolute Gasteiger partial charge is 0.120 e. The van der Waals surface area contributed by atoms with Crippen LogP contribution in [0.25, 0.3) is 0 Å². The predicted molar refractivity (Wildman–Crippen MR) is 117 cm³/mol. The Morgan fingerprint density at radius 3 is 1.43 bits per heavy atom. The fourth-order valence-electron chi connectivity index (χ4n) is 4.38. The molecule has 0 aromatic heterocycles. The minimum atomic E-state index is -1.63. The molecule has 0 aliphatic rings. The maximum Gasteiger partial charge on any atom is 0.120 e. The van der Waals surface area contributed by atoms with Gasteiger partial charge < -0.3 is 4.74 Å². The Hall–Kier alpha value is -3.33. The first-order valence-corrected chi connectivity index (χ1v) is 9.43. The topological polar surface area (TPSA) is 9.23 Å². The molecule has 0 N–H and O–H groups in total. The molecule has 3 heteroatoms. The van der Waals surface area contributed by atoms with Crippen molar-refractivity contribution in [3.05, 3.63) is 115 Å². The van der Waals surface area contributed by atoms with E-state index in [0.29, 0.717) is 5.75 Å². The lowest BCUT2D eigenvalue weighted by Gasteiger charge is -2.44. The summed E-state index contributed by atoms with van der Waals surface area (Å²) in [5, 5.41) is 0. The molecular formula is C25H21BFO-. The van der Waals surface area contributed by atoms with Crippen molar-refractivity contribution < 1.29 is 9.13 Å². The summed E-state index contributed by atoms with van der Waals surface area (Å²) < 4.78 is 20.2. The third-order valence-electron chi connectivity index (χ3n) is 5.56. The van der Waals surface area contributed by atoms with E-state index in [1.165, 1.54) is 6.07 Å². The molecule has 0 radical (unpaired) electrons. The van der Waals surface area contributed by atoms with Gasteiger partial charge >= 0.3 is 0 Å². The first kappa shape index (κ1) is 18.1. The third-order valence-corrected chi connectivity index (χ3v) is 5.56. The van der Waals surface area contributed by atoms with Gasteiger partial charge in [-0.1, -0.05) is 97.1 Å². The largest absolute Gasteiger partial charge is 0.500 e. The molecule has 1 nitrogen and oxygen atoms in total. The normalized spacial score (nSPS) is 11.2. The van der Waals surface area contributed by atoms with Crippen molar-refractivity contribution in [1.82, 2.24) is 0 Å². The first-order chi connectivity index (χ1) is 13.8. The monoisotopic (exact) mass is 367 g/mol. The highest BCUT2D eigenvalue weighted by Crippen LogP contribution is 2.17. The Morgan fingerprint density at radius 2 is 1.04 bits per heavy atom. The molecule has 28 heavy (non-hydrogen) atoms. The van der Waals surface area contributed by atoms with Crippen molar-refractivity contribution in [3.63, 3.8) is 0 Å². The van der Waals surface area contributed by atoms with Gasteiger partial charge in [-0.3, -0.25) is 0 Å². The van der Waals surface area contributed by atoms with Crippen LogP contribution in [0.5, 0.6) is 5.75 Å². The second-order valence-electron chi connectivity index (χ2n) is 6.98. The van der Waals surface area contributed by atoms with E-state index in [1.54, 1.807) is 19.2 Å². The summed E-state index contributed by atoms with van der Waals surface area (Å²) in [7, 11) is 1.64. The molecule has 0 fully saturated rings. The second-order valence-corrected chi connectivity index (χ2v) is 6.98. The quantitative estimate of drug-likeness (QED) is 0.493. The number of benzene rings is 4. The molecule has 0 spiro atoms. The van der Waals surface area contributed by atoms with Crippen LogP contribution in [0.3, 0.4) is 0 Å². The van der Waals surface area contributed by atoms with E-state index in [0.717, 1.165) is 21.9 Å². The maximum absolute atomic E-state index is 14.5. The molecular weight excluding hydrogens is 346 g/mol. The third kappa shape index (κ3) is 2.99. The van der Waals surface area contributed by atoms with Gasteiger partial charge in [0.25, 0.3) is 0 Å². The van der Waals surface area contributed by atoms with E-state index in [2.05, 4.69) is 36.4 Å². The summed E-state index contributed by atoms with van der Waals surface area (Å²) in [4.78, 5) is 0. The lowest BCUT2D eigenvalue weighted by molar-refractivity contribution is 0.417. The Kier molecular flexibility index (Phi) is 4.99. The van der Waals surface area contributed by atoms with Gasteiger partial charge in [0.15, 0.2) is 0 Å². The number of rotatable bonds is 5. The van der Waals surface area contributed by atoms with Crippen molar-refractivity contribution in [2.75, 3.05) is 7.11 Å². The van der Waals surface area contributed by atoms with E-state index in [4.69, 9.17) is 4.74 Å². The van der Waals surface area contributed by atoms with Gasteiger partial charge in [-0.25, -0.2) is 4.39 Å². The summed E-state index contributed by atoms with van der Waals surface area (Å²) in [5.74, 6) is 0.405. The summed E-state index contributed by atoms with van der Waals surface area (Å²) in [6.07, 6.45) is -1.63. The van der Waals surface area contributed by atoms with Crippen LogP contribution in [-0.2, 0) is 0 Å². The van der Waals surface area contributed by atoms with Crippen LogP contribution in [0, 0.1) is 5.82 Å². The zero-order valence-electron chi connectivity index (χ0n) is 15.8. The molecule has 0 aliphatic heterocycles. The number of methoxy groups -OCH3 is 1. The van der Waals surface area contributed by atoms with Crippen molar-refractivity contribution in [3.8, 4) is 5.75 Å². The Bertz CT molecular complexity index is 953. The summed E-state index contributed by atoms with van der Waals surface area (Å²) >= 11 is 0. The predicted octanol–water partition coefficient (Wildman–Crippen LogP) is 3.21. The van der Waals surface area contributed by atoms with E-state index >= 15 is 0 Å². The van der Waals surface area contributed by atoms with Crippen molar-refractivity contribution in [1.29, 1.82) is 0 Å². The van der Waals surface area contributed by atoms with Gasteiger partial charge in [0.2, 0.25) is 0 Å². The number of hydrogen-bond acceptors (Lipinski definition) is 1. The average molecular weight is 367 g/mol. The van der Waals surface area contributed by atoms with E-state index in [1.807, 2.05) is 54.6 Å². The molecule has 0 atom stereocenters. The van der Waals surface area contributed by atoms with Gasteiger partial charge in [0.1, 0.15) is 12.0 Å². The highest BCUT2D eigenvalue weighted by atomic mass is 19.1. The van der Waals surface area contributed by atoms with Crippen LogP contribution in [0.4, 0.5) is 4.39 Å². The Labute approximate surface area is 165 Å². The standard InChI is InChI=1S/C25H21BFO/c1-28-25-18-17-23(27)19-24(25)26(20-11-5-2-6-12-20,21-13-7-3-8-14-21)22-15-9-4-10-16-22/h2-19H,1H3/q-1. The van der Waals surface area contributed by atoms with Crippen molar-refractivity contribution in [2.24, 2.45) is 0 Å². The van der Waals surface area contributed by atoms with Crippen LogP contribution >= 0.6 is 0 Å². The van der Waals surface area contributed by atoms with E-state index < -0.39 is 6.15 Å². The Morgan fingerprint density at radius 1 is 0.607 bits per heavy atom. The van der Waals surface area contributed by atoms with Crippen LogP contribution in [0.15, 0.2) is 109 Å².